The van der Waals surface area contributed by atoms with Crippen LogP contribution in [0.15, 0.2) is 4.52 Å². The van der Waals surface area contributed by atoms with Crippen molar-refractivity contribution >= 4 is 0 Å². The molecular formula is C16H24N8O. The molecule has 134 valence electrons. The Morgan fingerprint density at radius 3 is 2.88 bits per heavy atom. The van der Waals surface area contributed by atoms with Gasteiger partial charge in [-0.05, 0) is 49.6 Å². The summed E-state index contributed by atoms with van der Waals surface area (Å²) in [4.78, 5) is 9.32. The predicted molar refractivity (Wildman–Crippen MR) is 87.5 cm³/mol. The summed E-state index contributed by atoms with van der Waals surface area (Å²) in [6.45, 7) is 3.68. The van der Waals surface area contributed by atoms with E-state index in [-0.39, 0.29) is 0 Å². The van der Waals surface area contributed by atoms with Gasteiger partial charge in [-0.25, -0.2) is 4.68 Å². The summed E-state index contributed by atoms with van der Waals surface area (Å²) in [5.41, 5.74) is 0. The molecular weight excluding hydrogens is 320 g/mol. The van der Waals surface area contributed by atoms with Crippen LogP contribution in [0.1, 0.15) is 61.6 Å². The van der Waals surface area contributed by atoms with Gasteiger partial charge < -0.3 is 4.52 Å². The number of hydrogen-bond donors (Lipinski definition) is 0. The first-order valence-corrected chi connectivity index (χ1v) is 9.28. The van der Waals surface area contributed by atoms with Crippen LogP contribution in [0.2, 0.25) is 0 Å². The second kappa shape index (κ2) is 6.14. The van der Waals surface area contributed by atoms with Crippen LogP contribution in [0.5, 0.6) is 0 Å². The lowest BCUT2D eigenvalue weighted by molar-refractivity contribution is 0.213. The number of nitrogens with zero attached hydrogens (tertiary/aromatic N) is 8. The molecule has 9 heteroatoms. The van der Waals surface area contributed by atoms with Crippen molar-refractivity contribution < 1.29 is 4.52 Å². The van der Waals surface area contributed by atoms with Gasteiger partial charge in [-0.2, -0.15) is 4.98 Å². The van der Waals surface area contributed by atoms with Gasteiger partial charge in [-0.3, -0.25) is 9.80 Å². The second-order valence-corrected chi connectivity index (χ2v) is 7.69. The number of likely N-dealkylation sites (tertiary alicyclic amines) is 1. The highest BCUT2D eigenvalue weighted by Gasteiger charge is 2.32. The van der Waals surface area contributed by atoms with Gasteiger partial charge in [0.1, 0.15) is 0 Å². The molecule has 0 spiro atoms. The number of likely N-dealkylation sites (N-methyl/N-ethyl adjacent to an activating group) is 1. The Kier molecular flexibility index (Phi) is 3.78. The van der Waals surface area contributed by atoms with Gasteiger partial charge in [-0.1, -0.05) is 5.16 Å². The zero-order chi connectivity index (χ0) is 16.8. The lowest BCUT2D eigenvalue weighted by Gasteiger charge is -2.23. The molecule has 0 bridgehead atoms. The average molecular weight is 344 g/mol. The number of tetrazole rings is 1. The monoisotopic (exact) mass is 344 g/mol. The molecule has 9 nitrogen and oxygen atoms in total. The molecule has 0 unspecified atom stereocenters. The molecule has 3 fully saturated rings. The Morgan fingerprint density at radius 1 is 1.20 bits per heavy atom. The lowest BCUT2D eigenvalue weighted by atomic mass is 10.2. The van der Waals surface area contributed by atoms with E-state index in [0.29, 0.717) is 18.0 Å². The van der Waals surface area contributed by atoms with Gasteiger partial charge in [0.2, 0.25) is 5.89 Å². The summed E-state index contributed by atoms with van der Waals surface area (Å²) in [7, 11) is 2.15. The van der Waals surface area contributed by atoms with Gasteiger partial charge in [0.05, 0.1) is 19.1 Å². The Balaban J connectivity index is 1.16. The van der Waals surface area contributed by atoms with Crippen LogP contribution in [0.25, 0.3) is 0 Å². The zero-order valence-corrected chi connectivity index (χ0v) is 14.6. The first-order valence-electron chi connectivity index (χ1n) is 9.28. The quantitative estimate of drug-likeness (QED) is 0.734. The molecule has 0 aromatic carbocycles. The summed E-state index contributed by atoms with van der Waals surface area (Å²) >= 11 is 0. The lowest BCUT2D eigenvalue weighted by Crippen LogP contribution is -2.34. The molecule has 2 saturated carbocycles. The summed E-state index contributed by atoms with van der Waals surface area (Å²) in [5.74, 6) is 3.15. The van der Waals surface area contributed by atoms with Crippen molar-refractivity contribution in [2.75, 3.05) is 20.1 Å². The van der Waals surface area contributed by atoms with Crippen molar-refractivity contribution in [3.05, 3.63) is 17.5 Å². The van der Waals surface area contributed by atoms with Crippen LogP contribution < -0.4 is 0 Å². The maximum atomic E-state index is 5.36. The van der Waals surface area contributed by atoms with E-state index >= 15 is 0 Å². The van der Waals surface area contributed by atoms with Crippen LogP contribution in [-0.4, -0.2) is 66.3 Å². The van der Waals surface area contributed by atoms with E-state index in [0.717, 1.165) is 50.1 Å². The summed E-state index contributed by atoms with van der Waals surface area (Å²) in [6.07, 6.45) is 5.94. The first kappa shape index (κ1) is 15.4. The fraction of sp³-hybridized carbons (Fsp3) is 0.812. The third-order valence-corrected chi connectivity index (χ3v) is 5.49. The Morgan fingerprint density at radius 2 is 2.08 bits per heavy atom. The zero-order valence-electron chi connectivity index (χ0n) is 14.6. The van der Waals surface area contributed by atoms with E-state index in [1.807, 2.05) is 4.68 Å². The second-order valence-electron chi connectivity index (χ2n) is 7.69. The van der Waals surface area contributed by atoms with E-state index in [9.17, 15) is 0 Å². The first-order chi connectivity index (χ1) is 12.3. The molecule has 2 aromatic heterocycles. The summed E-state index contributed by atoms with van der Waals surface area (Å²) in [5, 5.41) is 16.4. The van der Waals surface area contributed by atoms with E-state index < -0.39 is 0 Å². The van der Waals surface area contributed by atoms with Crippen molar-refractivity contribution in [2.45, 2.75) is 63.2 Å². The largest absolute Gasteiger partial charge is 0.339 e. The normalized spacial score (nSPS) is 24.5. The number of aromatic nitrogens is 6. The van der Waals surface area contributed by atoms with Crippen LogP contribution >= 0.6 is 0 Å². The van der Waals surface area contributed by atoms with Crippen molar-refractivity contribution in [1.82, 2.24) is 40.1 Å². The molecule has 25 heavy (non-hydrogen) atoms. The molecule has 0 radical (unpaired) electrons. The van der Waals surface area contributed by atoms with E-state index in [2.05, 4.69) is 42.5 Å². The standard InChI is InChI=1S/C16H24N8O/c1-22(9-14-17-16(25-19-14)11-2-3-11)13-6-7-23(8-13)10-15-18-20-21-24(15)12-4-5-12/h11-13H,2-10H2,1H3/t13-/m0/s1. The molecule has 2 aliphatic carbocycles. The minimum absolute atomic E-state index is 0.508. The molecule has 5 rings (SSSR count). The van der Waals surface area contributed by atoms with Gasteiger partial charge in [0.15, 0.2) is 11.6 Å². The van der Waals surface area contributed by atoms with Gasteiger partial charge in [-0.15, -0.1) is 5.10 Å². The predicted octanol–water partition coefficient (Wildman–Crippen LogP) is 0.975. The van der Waals surface area contributed by atoms with Gasteiger partial charge in [0, 0.05) is 25.0 Å². The molecule has 1 saturated heterocycles. The third-order valence-electron chi connectivity index (χ3n) is 5.49. The highest BCUT2D eigenvalue weighted by atomic mass is 16.5. The number of rotatable bonds is 7. The van der Waals surface area contributed by atoms with E-state index in [1.165, 1.54) is 25.7 Å². The van der Waals surface area contributed by atoms with E-state index in [1.54, 1.807) is 0 Å². The molecule has 1 aliphatic heterocycles. The Hall–Kier alpha value is -1.87. The van der Waals surface area contributed by atoms with Crippen LogP contribution in [0, 0.1) is 0 Å². The highest BCUT2D eigenvalue weighted by molar-refractivity contribution is 5.02. The maximum Gasteiger partial charge on any atom is 0.229 e. The van der Waals surface area contributed by atoms with Crippen LogP contribution in [0.3, 0.4) is 0 Å². The fourth-order valence-corrected chi connectivity index (χ4v) is 3.61. The van der Waals surface area contributed by atoms with Crippen molar-refractivity contribution in [1.29, 1.82) is 0 Å². The third kappa shape index (κ3) is 3.30. The molecule has 0 amide bonds. The van der Waals surface area contributed by atoms with Crippen molar-refractivity contribution in [3.8, 4) is 0 Å². The smallest absolute Gasteiger partial charge is 0.229 e. The number of hydrogen-bond acceptors (Lipinski definition) is 8. The van der Waals surface area contributed by atoms with Crippen LogP contribution in [0.4, 0.5) is 0 Å². The molecule has 0 N–H and O–H groups in total. The van der Waals surface area contributed by atoms with Gasteiger partial charge in [0.25, 0.3) is 0 Å². The van der Waals surface area contributed by atoms with Crippen LogP contribution in [-0.2, 0) is 13.1 Å². The molecule has 3 aliphatic rings. The van der Waals surface area contributed by atoms with Gasteiger partial charge >= 0.3 is 0 Å². The summed E-state index contributed by atoms with van der Waals surface area (Å²) in [6, 6.07) is 1.04. The molecule has 2 aromatic rings. The summed E-state index contributed by atoms with van der Waals surface area (Å²) < 4.78 is 7.37. The minimum atomic E-state index is 0.508. The Labute approximate surface area is 146 Å². The minimum Gasteiger partial charge on any atom is -0.339 e. The van der Waals surface area contributed by atoms with Crippen molar-refractivity contribution in [2.24, 2.45) is 0 Å². The van der Waals surface area contributed by atoms with Crippen molar-refractivity contribution in [3.63, 3.8) is 0 Å². The average Bonchev–Trinajstić information content (AvgIpc) is 3.50. The topological polar surface area (TPSA) is 89.0 Å². The molecule has 3 heterocycles. The SMILES string of the molecule is CN(Cc1noc(C2CC2)n1)[C@H]1CCN(Cc2nnnn2C2CC2)C1. The van der Waals surface area contributed by atoms with E-state index in [4.69, 9.17) is 4.52 Å². The fourth-order valence-electron chi connectivity index (χ4n) is 3.61. The Bertz CT molecular complexity index is 734. The maximum absolute atomic E-state index is 5.36. The highest BCUT2D eigenvalue weighted by Crippen LogP contribution is 2.39. The molecule has 1 atom stereocenters.